The van der Waals surface area contributed by atoms with E-state index in [1.165, 1.54) is 5.56 Å². The van der Waals surface area contributed by atoms with Crippen molar-refractivity contribution in [1.82, 2.24) is 15.0 Å². The van der Waals surface area contributed by atoms with Crippen molar-refractivity contribution in [2.24, 2.45) is 0 Å². The molecule has 0 saturated heterocycles. The summed E-state index contributed by atoms with van der Waals surface area (Å²) in [5.74, 6) is 2.01. The molecule has 0 atom stereocenters. The molecule has 1 aromatic carbocycles. The SMILES string of the molecule is CCCNc1nc(-c2cc(C)ccc2C)nc(N(C)C)n1. The van der Waals surface area contributed by atoms with Gasteiger partial charge in [-0.1, -0.05) is 24.6 Å². The Kier molecular flexibility index (Phi) is 4.73. The fraction of sp³-hybridized carbons (Fsp3) is 0.438. The number of anilines is 2. The first kappa shape index (κ1) is 15.2. The molecule has 112 valence electrons. The van der Waals surface area contributed by atoms with Gasteiger partial charge in [0.1, 0.15) is 0 Å². The van der Waals surface area contributed by atoms with Crippen molar-refractivity contribution in [2.45, 2.75) is 27.2 Å². The Morgan fingerprint density at radius 3 is 2.52 bits per heavy atom. The third kappa shape index (κ3) is 3.68. The van der Waals surface area contributed by atoms with Crippen LogP contribution < -0.4 is 10.2 Å². The van der Waals surface area contributed by atoms with E-state index in [-0.39, 0.29) is 0 Å². The van der Waals surface area contributed by atoms with Gasteiger partial charge in [-0.25, -0.2) is 0 Å². The van der Waals surface area contributed by atoms with Crippen molar-refractivity contribution in [1.29, 1.82) is 0 Å². The van der Waals surface area contributed by atoms with E-state index in [1.54, 1.807) is 0 Å². The second-order valence-corrected chi connectivity index (χ2v) is 5.42. The van der Waals surface area contributed by atoms with Crippen LogP contribution in [0.2, 0.25) is 0 Å². The molecule has 2 aromatic rings. The maximum Gasteiger partial charge on any atom is 0.230 e. The summed E-state index contributed by atoms with van der Waals surface area (Å²) in [6.07, 6.45) is 1.03. The van der Waals surface area contributed by atoms with E-state index in [1.807, 2.05) is 19.0 Å². The molecule has 5 heteroatoms. The number of rotatable bonds is 5. The summed E-state index contributed by atoms with van der Waals surface area (Å²) >= 11 is 0. The lowest BCUT2D eigenvalue weighted by atomic mass is 10.1. The molecule has 0 aliphatic rings. The van der Waals surface area contributed by atoms with Crippen LogP contribution in [0.5, 0.6) is 0 Å². The molecule has 0 bridgehead atoms. The van der Waals surface area contributed by atoms with Crippen LogP contribution in [0, 0.1) is 13.8 Å². The first-order valence-electron chi connectivity index (χ1n) is 7.26. The smallest absolute Gasteiger partial charge is 0.230 e. The average molecular weight is 285 g/mol. The molecule has 0 saturated carbocycles. The monoisotopic (exact) mass is 285 g/mol. The molecule has 0 aliphatic heterocycles. The Hall–Kier alpha value is -2.17. The maximum absolute atomic E-state index is 4.58. The summed E-state index contributed by atoms with van der Waals surface area (Å²) in [6, 6.07) is 6.32. The van der Waals surface area contributed by atoms with Gasteiger partial charge in [-0.15, -0.1) is 0 Å². The average Bonchev–Trinajstić information content (AvgIpc) is 2.47. The summed E-state index contributed by atoms with van der Waals surface area (Å²) in [5, 5.41) is 3.24. The fourth-order valence-electron chi connectivity index (χ4n) is 1.98. The van der Waals surface area contributed by atoms with E-state index >= 15 is 0 Å². The Morgan fingerprint density at radius 2 is 1.86 bits per heavy atom. The van der Waals surface area contributed by atoms with Crippen LogP contribution >= 0.6 is 0 Å². The quantitative estimate of drug-likeness (QED) is 0.915. The van der Waals surface area contributed by atoms with Crippen LogP contribution in [-0.4, -0.2) is 35.6 Å². The van der Waals surface area contributed by atoms with Gasteiger partial charge in [-0.2, -0.15) is 15.0 Å². The van der Waals surface area contributed by atoms with Gasteiger partial charge in [0.2, 0.25) is 11.9 Å². The van der Waals surface area contributed by atoms with Gasteiger partial charge >= 0.3 is 0 Å². The van der Waals surface area contributed by atoms with E-state index in [0.717, 1.165) is 24.1 Å². The molecular formula is C16H23N5. The zero-order valence-electron chi connectivity index (χ0n) is 13.4. The van der Waals surface area contributed by atoms with Gasteiger partial charge in [0.15, 0.2) is 5.82 Å². The molecule has 0 aliphatic carbocycles. The van der Waals surface area contributed by atoms with Gasteiger partial charge in [0.25, 0.3) is 0 Å². The van der Waals surface area contributed by atoms with Crippen molar-refractivity contribution >= 4 is 11.9 Å². The largest absolute Gasteiger partial charge is 0.354 e. The van der Waals surface area contributed by atoms with Crippen LogP contribution in [0.3, 0.4) is 0 Å². The Balaban J connectivity index is 2.51. The maximum atomic E-state index is 4.58. The van der Waals surface area contributed by atoms with Gasteiger partial charge in [0.05, 0.1) is 0 Å². The van der Waals surface area contributed by atoms with E-state index in [9.17, 15) is 0 Å². The molecule has 0 radical (unpaired) electrons. The Labute approximate surface area is 126 Å². The number of nitrogens with zero attached hydrogens (tertiary/aromatic N) is 4. The third-order valence-electron chi connectivity index (χ3n) is 3.19. The molecule has 0 spiro atoms. The number of aryl methyl sites for hydroxylation is 2. The molecule has 1 heterocycles. The highest BCUT2D eigenvalue weighted by molar-refractivity contribution is 5.63. The summed E-state index contributed by atoms with van der Waals surface area (Å²) in [4.78, 5) is 15.5. The van der Waals surface area contributed by atoms with E-state index in [0.29, 0.717) is 17.7 Å². The molecular weight excluding hydrogens is 262 g/mol. The van der Waals surface area contributed by atoms with Crippen LogP contribution in [0.25, 0.3) is 11.4 Å². The first-order valence-corrected chi connectivity index (χ1v) is 7.26. The number of nitrogens with one attached hydrogen (secondary N) is 1. The zero-order valence-corrected chi connectivity index (χ0v) is 13.4. The summed E-state index contributed by atoms with van der Waals surface area (Å²) in [7, 11) is 3.87. The Bertz CT molecular complexity index is 622. The molecule has 21 heavy (non-hydrogen) atoms. The summed E-state index contributed by atoms with van der Waals surface area (Å²) in [5.41, 5.74) is 3.42. The van der Waals surface area contributed by atoms with Crippen molar-refractivity contribution in [3.8, 4) is 11.4 Å². The third-order valence-corrected chi connectivity index (χ3v) is 3.19. The van der Waals surface area contributed by atoms with Gasteiger partial charge in [0, 0.05) is 26.2 Å². The molecule has 1 aromatic heterocycles. The highest BCUT2D eigenvalue weighted by atomic mass is 15.3. The number of aromatic nitrogens is 3. The van der Waals surface area contributed by atoms with Crippen LogP contribution in [-0.2, 0) is 0 Å². The first-order chi connectivity index (χ1) is 10.0. The Morgan fingerprint density at radius 1 is 1.10 bits per heavy atom. The molecule has 0 fully saturated rings. The molecule has 0 unspecified atom stereocenters. The fourth-order valence-corrected chi connectivity index (χ4v) is 1.98. The van der Waals surface area contributed by atoms with Crippen LogP contribution in [0.1, 0.15) is 24.5 Å². The molecule has 0 amide bonds. The second kappa shape index (κ2) is 6.52. The lowest BCUT2D eigenvalue weighted by Crippen LogP contribution is -2.16. The zero-order chi connectivity index (χ0) is 15.4. The normalized spacial score (nSPS) is 10.5. The van der Waals surface area contributed by atoms with E-state index in [4.69, 9.17) is 0 Å². The highest BCUT2D eigenvalue weighted by Gasteiger charge is 2.11. The van der Waals surface area contributed by atoms with Gasteiger partial charge < -0.3 is 10.2 Å². The van der Waals surface area contributed by atoms with Crippen molar-refractivity contribution in [2.75, 3.05) is 30.9 Å². The molecule has 2 rings (SSSR count). The van der Waals surface area contributed by atoms with Gasteiger partial charge in [-0.3, -0.25) is 0 Å². The predicted octanol–water partition coefficient (Wildman–Crippen LogP) is 3.04. The van der Waals surface area contributed by atoms with Crippen molar-refractivity contribution in [3.05, 3.63) is 29.3 Å². The second-order valence-electron chi connectivity index (χ2n) is 5.42. The van der Waals surface area contributed by atoms with Crippen LogP contribution in [0.15, 0.2) is 18.2 Å². The van der Waals surface area contributed by atoms with E-state index in [2.05, 4.69) is 59.2 Å². The minimum absolute atomic E-state index is 0.631. The summed E-state index contributed by atoms with van der Waals surface area (Å²) in [6.45, 7) is 7.12. The lowest BCUT2D eigenvalue weighted by Gasteiger charge is -2.14. The number of benzene rings is 1. The highest BCUT2D eigenvalue weighted by Crippen LogP contribution is 2.23. The minimum Gasteiger partial charge on any atom is -0.354 e. The van der Waals surface area contributed by atoms with E-state index < -0.39 is 0 Å². The predicted molar refractivity (Wildman–Crippen MR) is 87.8 cm³/mol. The molecule has 5 nitrogen and oxygen atoms in total. The number of hydrogen-bond donors (Lipinski definition) is 1. The topological polar surface area (TPSA) is 53.9 Å². The molecule has 1 N–H and O–H groups in total. The standard InChI is InChI=1S/C16H23N5/c1-6-9-17-15-18-14(19-16(20-15)21(4)5)13-10-11(2)7-8-12(13)3/h7-8,10H,6,9H2,1-5H3,(H,17,18,19,20). The van der Waals surface area contributed by atoms with Crippen LogP contribution in [0.4, 0.5) is 11.9 Å². The minimum atomic E-state index is 0.631. The van der Waals surface area contributed by atoms with Crippen molar-refractivity contribution < 1.29 is 0 Å². The summed E-state index contributed by atoms with van der Waals surface area (Å²) < 4.78 is 0. The lowest BCUT2D eigenvalue weighted by molar-refractivity contribution is 0.919. The van der Waals surface area contributed by atoms with Crippen molar-refractivity contribution in [3.63, 3.8) is 0 Å². The number of hydrogen-bond acceptors (Lipinski definition) is 5. The van der Waals surface area contributed by atoms with Gasteiger partial charge in [-0.05, 0) is 31.9 Å².